The quantitative estimate of drug-likeness (QED) is 0.614. The van der Waals surface area contributed by atoms with Crippen LogP contribution in [0.2, 0.25) is 0 Å². The van der Waals surface area contributed by atoms with E-state index < -0.39 is 18.4 Å². The van der Waals surface area contributed by atoms with Crippen LogP contribution < -0.4 is 0 Å². The van der Waals surface area contributed by atoms with Crippen LogP contribution >= 0.6 is 0 Å². The van der Waals surface area contributed by atoms with Gasteiger partial charge in [0, 0.05) is 11.6 Å². The van der Waals surface area contributed by atoms with Crippen LogP contribution in [0.15, 0.2) is 23.3 Å². The Labute approximate surface area is 144 Å². The van der Waals surface area contributed by atoms with Gasteiger partial charge in [-0.1, -0.05) is 38.8 Å². The van der Waals surface area contributed by atoms with E-state index in [0.717, 1.165) is 6.42 Å². The van der Waals surface area contributed by atoms with Crippen molar-refractivity contribution < 1.29 is 19.7 Å². The summed E-state index contributed by atoms with van der Waals surface area (Å²) in [6, 6.07) is 0. The molecule has 0 saturated heterocycles. The fourth-order valence-corrected chi connectivity index (χ4v) is 5.63. The van der Waals surface area contributed by atoms with Crippen LogP contribution in [0.3, 0.4) is 0 Å². The number of carbonyl (C=O) groups is 1. The Morgan fingerprint density at radius 2 is 2.04 bits per heavy atom. The summed E-state index contributed by atoms with van der Waals surface area (Å²) < 4.78 is 4.73. The monoisotopic (exact) mass is 334 g/mol. The van der Waals surface area contributed by atoms with Crippen LogP contribution in [0.1, 0.15) is 59.8 Å². The van der Waals surface area contributed by atoms with Gasteiger partial charge in [-0.25, -0.2) is 4.79 Å². The molecule has 2 N–H and O–H groups in total. The van der Waals surface area contributed by atoms with E-state index in [2.05, 4.69) is 33.8 Å². The zero-order valence-electron chi connectivity index (χ0n) is 15.2. The SMILES string of the molecule is CC1=CC[C@@H]2C(C)(C)CCC[C@@]2(C)[C@@H]1C[C@@H](O)C1=CC(=O)O[C@H]1O. The summed E-state index contributed by atoms with van der Waals surface area (Å²) in [4.78, 5) is 11.3. The minimum Gasteiger partial charge on any atom is -0.429 e. The summed E-state index contributed by atoms with van der Waals surface area (Å²) in [6.07, 6.45) is 6.70. The van der Waals surface area contributed by atoms with E-state index in [1.807, 2.05) is 0 Å². The summed E-state index contributed by atoms with van der Waals surface area (Å²) in [6.45, 7) is 9.26. The number of esters is 1. The zero-order valence-corrected chi connectivity index (χ0v) is 15.2. The molecule has 4 nitrogen and oxygen atoms in total. The van der Waals surface area contributed by atoms with Gasteiger partial charge in [0.05, 0.1) is 6.10 Å². The topological polar surface area (TPSA) is 66.8 Å². The van der Waals surface area contributed by atoms with E-state index in [9.17, 15) is 15.0 Å². The van der Waals surface area contributed by atoms with Crippen LogP contribution in [0.5, 0.6) is 0 Å². The van der Waals surface area contributed by atoms with Crippen molar-refractivity contribution in [1.29, 1.82) is 0 Å². The minimum absolute atomic E-state index is 0.149. The summed E-state index contributed by atoms with van der Waals surface area (Å²) >= 11 is 0. The molecule has 0 aromatic heterocycles. The number of rotatable bonds is 3. The average Bonchev–Trinajstić information content (AvgIpc) is 2.80. The average molecular weight is 334 g/mol. The summed E-state index contributed by atoms with van der Waals surface area (Å²) in [5.41, 5.74) is 2.08. The molecule has 4 heteroatoms. The van der Waals surface area contributed by atoms with Gasteiger partial charge in [0.25, 0.3) is 0 Å². The smallest absolute Gasteiger partial charge is 0.333 e. The van der Waals surface area contributed by atoms with Crippen molar-refractivity contribution in [3.63, 3.8) is 0 Å². The molecule has 0 spiro atoms. The van der Waals surface area contributed by atoms with Gasteiger partial charge in [0.1, 0.15) is 0 Å². The van der Waals surface area contributed by atoms with E-state index in [1.165, 1.54) is 30.9 Å². The number of cyclic esters (lactones) is 1. The van der Waals surface area contributed by atoms with E-state index >= 15 is 0 Å². The Hall–Kier alpha value is -1.13. The van der Waals surface area contributed by atoms with Crippen molar-refractivity contribution in [3.8, 4) is 0 Å². The molecule has 2 aliphatic carbocycles. The minimum atomic E-state index is -1.30. The molecule has 1 heterocycles. The van der Waals surface area contributed by atoms with E-state index in [-0.39, 0.29) is 11.3 Å². The molecule has 0 amide bonds. The highest BCUT2D eigenvalue weighted by molar-refractivity contribution is 5.85. The van der Waals surface area contributed by atoms with Gasteiger partial charge in [-0.2, -0.15) is 0 Å². The molecule has 3 aliphatic rings. The maximum Gasteiger partial charge on any atom is 0.333 e. The lowest BCUT2D eigenvalue weighted by Crippen LogP contribution is -2.49. The van der Waals surface area contributed by atoms with Crippen LogP contribution in [0.4, 0.5) is 0 Å². The van der Waals surface area contributed by atoms with Gasteiger partial charge in [-0.15, -0.1) is 0 Å². The molecule has 24 heavy (non-hydrogen) atoms. The highest BCUT2D eigenvalue weighted by Crippen LogP contribution is 2.60. The molecule has 0 aromatic carbocycles. The van der Waals surface area contributed by atoms with Crippen LogP contribution in [0.25, 0.3) is 0 Å². The third-order valence-electron chi connectivity index (χ3n) is 6.94. The maximum absolute atomic E-state index is 11.3. The second kappa shape index (κ2) is 5.99. The molecule has 5 atom stereocenters. The summed E-state index contributed by atoms with van der Waals surface area (Å²) in [5.74, 6) is 0.282. The molecule has 0 aromatic rings. The first-order valence-corrected chi connectivity index (χ1v) is 9.10. The highest BCUT2D eigenvalue weighted by Gasteiger charge is 2.52. The van der Waals surface area contributed by atoms with E-state index in [1.54, 1.807) is 0 Å². The van der Waals surface area contributed by atoms with Crippen molar-refractivity contribution in [3.05, 3.63) is 23.3 Å². The van der Waals surface area contributed by atoms with Crippen molar-refractivity contribution >= 4 is 5.97 Å². The Bertz CT molecular complexity index is 588. The van der Waals surface area contributed by atoms with Crippen molar-refractivity contribution in [2.45, 2.75) is 72.2 Å². The molecule has 134 valence electrons. The fraction of sp³-hybridized carbons (Fsp3) is 0.750. The van der Waals surface area contributed by atoms with Crippen molar-refractivity contribution in [2.75, 3.05) is 0 Å². The van der Waals surface area contributed by atoms with Gasteiger partial charge in [0.2, 0.25) is 6.29 Å². The van der Waals surface area contributed by atoms with Crippen molar-refractivity contribution in [2.24, 2.45) is 22.7 Å². The molecule has 0 unspecified atom stereocenters. The Balaban J connectivity index is 1.86. The lowest BCUT2D eigenvalue weighted by atomic mass is 9.48. The van der Waals surface area contributed by atoms with Gasteiger partial charge >= 0.3 is 5.97 Å². The lowest BCUT2D eigenvalue weighted by Gasteiger charge is -2.57. The summed E-state index contributed by atoms with van der Waals surface area (Å²) in [7, 11) is 0. The highest BCUT2D eigenvalue weighted by atomic mass is 16.6. The molecular formula is C20H30O4. The second-order valence-corrected chi connectivity index (χ2v) is 8.82. The molecule has 0 bridgehead atoms. The Morgan fingerprint density at radius 3 is 2.67 bits per heavy atom. The predicted molar refractivity (Wildman–Crippen MR) is 91.9 cm³/mol. The maximum atomic E-state index is 11.3. The number of hydrogen-bond acceptors (Lipinski definition) is 4. The molecule has 1 fully saturated rings. The van der Waals surface area contributed by atoms with Gasteiger partial charge < -0.3 is 14.9 Å². The lowest BCUT2D eigenvalue weighted by molar-refractivity contribution is -0.152. The van der Waals surface area contributed by atoms with Crippen molar-refractivity contribution in [1.82, 2.24) is 0 Å². The van der Waals surface area contributed by atoms with E-state index in [4.69, 9.17) is 4.74 Å². The number of fused-ring (bicyclic) bond motifs is 1. The number of allylic oxidation sites excluding steroid dienone is 2. The number of ether oxygens (including phenoxy) is 1. The predicted octanol–water partition coefficient (Wildman–Crippen LogP) is 3.34. The first-order valence-electron chi connectivity index (χ1n) is 9.10. The molecule has 1 saturated carbocycles. The normalized spacial score (nSPS) is 39.6. The molecule has 0 radical (unpaired) electrons. The van der Waals surface area contributed by atoms with Gasteiger partial charge in [-0.05, 0) is 55.3 Å². The summed E-state index contributed by atoms with van der Waals surface area (Å²) in [5, 5.41) is 20.5. The number of carbonyl (C=O) groups excluding carboxylic acids is 1. The van der Waals surface area contributed by atoms with Crippen LogP contribution in [-0.2, 0) is 9.53 Å². The molecule has 1 aliphatic heterocycles. The Kier molecular flexibility index (Phi) is 4.42. The Morgan fingerprint density at radius 1 is 1.33 bits per heavy atom. The van der Waals surface area contributed by atoms with Gasteiger partial charge in [0.15, 0.2) is 0 Å². The number of aliphatic hydroxyl groups is 2. The molecular weight excluding hydrogens is 304 g/mol. The third kappa shape index (κ3) is 2.84. The first-order chi connectivity index (χ1) is 11.1. The number of aliphatic hydroxyl groups excluding tert-OH is 2. The van der Waals surface area contributed by atoms with Crippen LogP contribution in [-0.4, -0.2) is 28.6 Å². The molecule has 3 rings (SSSR count). The van der Waals surface area contributed by atoms with E-state index in [0.29, 0.717) is 23.3 Å². The van der Waals surface area contributed by atoms with Crippen LogP contribution in [0, 0.1) is 22.7 Å². The fourth-order valence-electron chi connectivity index (χ4n) is 5.63. The van der Waals surface area contributed by atoms with Gasteiger partial charge in [-0.3, -0.25) is 0 Å². The first kappa shape index (κ1) is 17.7. The standard InChI is InChI=1S/C20H30O4/c1-12-6-7-16-19(2,3)8-5-9-20(16,4)14(12)11-15(21)13-10-17(22)24-18(13)23/h6,10,14-16,18,21,23H,5,7-9,11H2,1-4H3/t14-,15-,16-,18-,20+/m1/s1. The largest absolute Gasteiger partial charge is 0.429 e. The number of hydrogen-bond donors (Lipinski definition) is 2. The third-order valence-corrected chi connectivity index (χ3v) is 6.94. The second-order valence-electron chi connectivity index (χ2n) is 8.82. The zero-order chi connectivity index (χ0) is 17.7.